The number of amides is 1. The van der Waals surface area contributed by atoms with E-state index in [4.69, 9.17) is 14.9 Å². The van der Waals surface area contributed by atoms with Crippen molar-refractivity contribution in [2.24, 2.45) is 5.92 Å². The molecule has 1 amide bonds. The number of benzene rings is 4. The first-order chi connectivity index (χ1) is 19.3. The fourth-order valence-electron chi connectivity index (χ4n) is 4.55. The Balaban J connectivity index is 1.53. The highest BCUT2D eigenvalue weighted by atomic mass is 16.5. The summed E-state index contributed by atoms with van der Waals surface area (Å²) >= 11 is 0. The first kappa shape index (κ1) is 26.5. The predicted molar refractivity (Wildman–Crippen MR) is 155 cm³/mol. The number of carbonyl (C=O) groups is 2. The molecule has 8 nitrogen and oxygen atoms in total. The van der Waals surface area contributed by atoms with Crippen LogP contribution in [0.1, 0.15) is 35.5 Å². The average Bonchev–Trinajstić information content (AvgIpc) is 3.30. The van der Waals surface area contributed by atoms with E-state index in [1.54, 1.807) is 28.8 Å². The molecule has 0 spiro atoms. The zero-order valence-corrected chi connectivity index (χ0v) is 22.2. The van der Waals surface area contributed by atoms with Crippen LogP contribution in [0.5, 0.6) is 11.5 Å². The number of ether oxygens (including phenoxy) is 2. The zero-order valence-electron chi connectivity index (χ0n) is 22.2. The van der Waals surface area contributed by atoms with Crippen LogP contribution in [-0.2, 0) is 11.3 Å². The lowest BCUT2D eigenvalue weighted by Gasteiger charge is -2.15. The normalized spacial score (nSPS) is 11.1. The van der Waals surface area contributed by atoms with Gasteiger partial charge in [0, 0.05) is 23.0 Å². The van der Waals surface area contributed by atoms with Crippen molar-refractivity contribution >= 4 is 39.6 Å². The maximum Gasteiger partial charge on any atom is 0.412 e. The number of hydrogen-bond acceptors (Lipinski definition) is 5. The number of rotatable bonds is 8. The van der Waals surface area contributed by atoms with Crippen LogP contribution in [0, 0.1) is 11.3 Å². The van der Waals surface area contributed by atoms with E-state index in [2.05, 4.69) is 5.32 Å². The van der Waals surface area contributed by atoms with Crippen molar-refractivity contribution in [1.82, 2.24) is 9.88 Å². The number of carboxylic acids is 1. The third-order valence-electron chi connectivity index (χ3n) is 6.42. The summed E-state index contributed by atoms with van der Waals surface area (Å²) in [4.78, 5) is 24.4. The minimum atomic E-state index is -1.07. The highest BCUT2D eigenvalue weighted by molar-refractivity contribution is 6.07. The zero-order chi connectivity index (χ0) is 28.2. The fraction of sp³-hybridized carbons (Fsp3) is 0.156. The molecule has 4 aromatic carbocycles. The van der Waals surface area contributed by atoms with Crippen LogP contribution in [0.4, 0.5) is 4.79 Å². The lowest BCUT2D eigenvalue weighted by Crippen LogP contribution is -2.31. The number of aromatic carboxylic acids is 1. The van der Waals surface area contributed by atoms with Gasteiger partial charge in [-0.3, -0.25) is 10.7 Å². The van der Waals surface area contributed by atoms with E-state index in [0.29, 0.717) is 28.0 Å². The van der Waals surface area contributed by atoms with E-state index in [9.17, 15) is 14.7 Å². The van der Waals surface area contributed by atoms with Crippen molar-refractivity contribution < 1.29 is 24.2 Å². The van der Waals surface area contributed by atoms with E-state index in [1.165, 1.54) is 0 Å². The summed E-state index contributed by atoms with van der Waals surface area (Å²) in [7, 11) is 0. The van der Waals surface area contributed by atoms with Crippen LogP contribution in [-0.4, -0.2) is 34.2 Å². The number of amidine groups is 1. The molecule has 0 atom stereocenters. The standard InChI is InChI=1S/C32H29N3O5/c1-20(2)19-39-32(38)34-30(33)23-13-12-22-16-29(31(36)37)35(28(22)17-23)18-24-15-26(40-25-9-4-3-5-10-25)14-21-8-6-7-11-27(21)24/h3-17,20H,18-19H2,1-2H3,(H,36,37)(H2,33,34,38). The Morgan fingerprint density at radius 1 is 0.900 bits per heavy atom. The molecule has 1 heterocycles. The smallest absolute Gasteiger partial charge is 0.412 e. The molecule has 5 rings (SSSR count). The van der Waals surface area contributed by atoms with Gasteiger partial charge in [0.15, 0.2) is 0 Å². The number of nitrogens with zero attached hydrogens (tertiary/aromatic N) is 1. The quantitative estimate of drug-likeness (QED) is 0.146. The molecule has 0 bridgehead atoms. The molecular weight excluding hydrogens is 506 g/mol. The van der Waals surface area contributed by atoms with Crippen molar-refractivity contribution in [3.63, 3.8) is 0 Å². The fourth-order valence-corrected chi connectivity index (χ4v) is 4.55. The molecule has 0 aliphatic carbocycles. The molecule has 5 aromatic rings. The molecule has 0 aliphatic rings. The Kier molecular flexibility index (Phi) is 7.50. The topological polar surface area (TPSA) is 114 Å². The van der Waals surface area contributed by atoms with Gasteiger partial charge in [0.25, 0.3) is 0 Å². The van der Waals surface area contributed by atoms with Crippen LogP contribution in [0.15, 0.2) is 91.0 Å². The maximum atomic E-state index is 12.3. The third-order valence-corrected chi connectivity index (χ3v) is 6.42. The second-order valence-corrected chi connectivity index (χ2v) is 9.91. The summed E-state index contributed by atoms with van der Waals surface area (Å²) in [5.74, 6) is 0.304. The number of alkyl carbamates (subject to hydrolysis) is 1. The Labute approximate surface area is 231 Å². The van der Waals surface area contributed by atoms with E-state index >= 15 is 0 Å². The first-order valence-corrected chi connectivity index (χ1v) is 12.9. The van der Waals surface area contributed by atoms with Crippen LogP contribution in [0.25, 0.3) is 21.7 Å². The van der Waals surface area contributed by atoms with Crippen LogP contribution < -0.4 is 10.1 Å². The van der Waals surface area contributed by atoms with Crippen LogP contribution in [0.3, 0.4) is 0 Å². The molecule has 3 N–H and O–H groups in total. The number of fused-ring (bicyclic) bond motifs is 2. The molecule has 0 fully saturated rings. The monoisotopic (exact) mass is 535 g/mol. The molecule has 40 heavy (non-hydrogen) atoms. The number of para-hydroxylation sites is 1. The molecule has 0 saturated carbocycles. The van der Waals surface area contributed by atoms with Gasteiger partial charge in [-0.2, -0.15) is 0 Å². The summed E-state index contributed by atoms with van der Waals surface area (Å²) in [5.41, 5.74) is 2.04. The van der Waals surface area contributed by atoms with E-state index < -0.39 is 12.1 Å². The minimum Gasteiger partial charge on any atom is -0.477 e. The first-order valence-electron chi connectivity index (χ1n) is 12.9. The molecule has 8 heteroatoms. The largest absolute Gasteiger partial charge is 0.477 e. The third kappa shape index (κ3) is 5.81. The minimum absolute atomic E-state index is 0.112. The van der Waals surface area contributed by atoms with Gasteiger partial charge in [-0.25, -0.2) is 9.59 Å². The van der Waals surface area contributed by atoms with Gasteiger partial charge in [-0.1, -0.05) is 68.4 Å². The van der Waals surface area contributed by atoms with Gasteiger partial charge >= 0.3 is 12.1 Å². The summed E-state index contributed by atoms with van der Waals surface area (Å²) in [5, 5.41) is 23.5. The summed E-state index contributed by atoms with van der Waals surface area (Å²) < 4.78 is 13.0. The molecule has 0 radical (unpaired) electrons. The van der Waals surface area contributed by atoms with Crippen LogP contribution in [0.2, 0.25) is 0 Å². The predicted octanol–water partition coefficient (Wildman–Crippen LogP) is 7.04. The van der Waals surface area contributed by atoms with Crippen molar-refractivity contribution in [3.05, 3.63) is 108 Å². The SMILES string of the molecule is CC(C)COC(=O)NC(=N)c1ccc2cc(C(=O)O)n(Cc3cc(Oc4ccccc4)cc4ccccc34)c2c1. The molecule has 202 valence electrons. The molecular formula is C32H29N3O5. The average molecular weight is 536 g/mol. The van der Waals surface area contributed by atoms with Gasteiger partial charge in [0.2, 0.25) is 0 Å². The molecule has 0 unspecified atom stereocenters. The molecule has 1 aromatic heterocycles. The Morgan fingerprint density at radius 3 is 2.40 bits per heavy atom. The van der Waals surface area contributed by atoms with Gasteiger partial charge in [0.1, 0.15) is 23.0 Å². The Morgan fingerprint density at radius 2 is 1.65 bits per heavy atom. The molecule has 0 saturated heterocycles. The number of nitrogens with one attached hydrogen (secondary N) is 2. The van der Waals surface area contributed by atoms with E-state index in [-0.39, 0.29) is 30.6 Å². The Hall–Kier alpha value is -5.11. The summed E-state index contributed by atoms with van der Waals surface area (Å²) in [6, 6.07) is 28.0. The maximum absolute atomic E-state index is 12.3. The van der Waals surface area contributed by atoms with E-state index in [0.717, 1.165) is 16.3 Å². The number of aromatic nitrogens is 1. The van der Waals surface area contributed by atoms with Crippen molar-refractivity contribution in [2.75, 3.05) is 6.61 Å². The number of carbonyl (C=O) groups excluding carboxylic acids is 1. The van der Waals surface area contributed by atoms with E-state index in [1.807, 2.05) is 80.6 Å². The summed E-state index contributed by atoms with van der Waals surface area (Å²) in [6.07, 6.45) is -0.706. The number of hydrogen-bond donors (Lipinski definition) is 3. The van der Waals surface area contributed by atoms with Gasteiger partial charge in [0.05, 0.1) is 6.61 Å². The highest BCUT2D eigenvalue weighted by Crippen LogP contribution is 2.31. The summed E-state index contributed by atoms with van der Waals surface area (Å²) in [6.45, 7) is 4.34. The van der Waals surface area contributed by atoms with Crippen LogP contribution >= 0.6 is 0 Å². The lowest BCUT2D eigenvalue weighted by atomic mass is 10.0. The van der Waals surface area contributed by atoms with Crippen molar-refractivity contribution in [1.29, 1.82) is 5.41 Å². The van der Waals surface area contributed by atoms with Crippen molar-refractivity contribution in [2.45, 2.75) is 20.4 Å². The second-order valence-electron chi connectivity index (χ2n) is 9.91. The van der Waals surface area contributed by atoms with Gasteiger partial charge in [-0.05, 0) is 58.7 Å². The molecule has 0 aliphatic heterocycles. The van der Waals surface area contributed by atoms with Gasteiger partial charge < -0.3 is 19.1 Å². The number of carboxylic acid groups (broad SMARTS) is 1. The van der Waals surface area contributed by atoms with Gasteiger partial charge in [-0.15, -0.1) is 0 Å². The Bertz CT molecular complexity index is 1720. The second kappa shape index (κ2) is 11.3. The highest BCUT2D eigenvalue weighted by Gasteiger charge is 2.18. The van der Waals surface area contributed by atoms with Crippen molar-refractivity contribution in [3.8, 4) is 11.5 Å². The lowest BCUT2D eigenvalue weighted by molar-refractivity contribution is 0.0686.